The molecule has 3 nitrogen and oxygen atoms in total. The Morgan fingerprint density at radius 1 is 1.30 bits per heavy atom. The quantitative estimate of drug-likeness (QED) is 0.822. The van der Waals surface area contributed by atoms with E-state index < -0.39 is 0 Å². The smallest absolute Gasteiger partial charge is 0.219 e. The number of piperidine rings is 1. The van der Waals surface area contributed by atoms with Crippen molar-refractivity contribution in [2.45, 2.75) is 51.7 Å². The highest BCUT2D eigenvalue weighted by atomic mass is 16.5. The van der Waals surface area contributed by atoms with Crippen LogP contribution < -0.4 is 0 Å². The van der Waals surface area contributed by atoms with Gasteiger partial charge in [0.2, 0.25) is 5.91 Å². The molecule has 3 heteroatoms. The summed E-state index contributed by atoms with van der Waals surface area (Å²) < 4.78 is 6.31. The highest BCUT2D eigenvalue weighted by Crippen LogP contribution is 2.27. The summed E-state index contributed by atoms with van der Waals surface area (Å²) in [5, 5.41) is 0. The van der Waals surface area contributed by atoms with E-state index in [-0.39, 0.29) is 18.1 Å². The minimum atomic E-state index is 0.177. The lowest BCUT2D eigenvalue weighted by molar-refractivity contribution is -0.132. The fourth-order valence-electron chi connectivity index (χ4n) is 2.78. The zero-order chi connectivity index (χ0) is 14.4. The van der Waals surface area contributed by atoms with E-state index in [2.05, 4.69) is 31.2 Å². The van der Waals surface area contributed by atoms with Crippen LogP contribution in [0.1, 0.15) is 51.2 Å². The maximum atomic E-state index is 11.3. The third-order valence-electron chi connectivity index (χ3n) is 3.97. The topological polar surface area (TPSA) is 29.5 Å². The molecule has 0 aromatic heterocycles. The summed E-state index contributed by atoms with van der Waals surface area (Å²) in [5.74, 6) is 0.177. The first-order valence-corrected chi connectivity index (χ1v) is 7.66. The number of rotatable bonds is 5. The standard InChI is InChI=1S/C17H25NO2/c1-3-7-17(15-8-5-4-6-9-15)20-16-10-12-18(13-11-16)14(2)19/h4-6,8-9,16-17H,3,7,10-13H2,1-2H3. The van der Waals surface area contributed by atoms with E-state index in [1.807, 2.05) is 11.0 Å². The van der Waals surface area contributed by atoms with Crippen LogP contribution in [0.15, 0.2) is 30.3 Å². The summed E-state index contributed by atoms with van der Waals surface area (Å²) in [4.78, 5) is 13.3. The average molecular weight is 275 g/mol. The Labute approximate surface area is 121 Å². The van der Waals surface area contributed by atoms with Gasteiger partial charge in [-0.1, -0.05) is 43.7 Å². The van der Waals surface area contributed by atoms with Gasteiger partial charge in [0.05, 0.1) is 12.2 Å². The van der Waals surface area contributed by atoms with Crippen molar-refractivity contribution in [3.05, 3.63) is 35.9 Å². The lowest BCUT2D eigenvalue weighted by Crippen LogP contribution is -2.40. The molecule has 1 saturated heterocycles. The predicted molar refractivity (Wildman–Crippen MR) is 80.5 cm³/mol. The van der Waals surface area contributed by atoms with E-state index in [4.69, 9.17) is 4.74 Å². The number of hydrogen-bond acceptors (Lipinski definition) is 2. The summed E-state index contributed by atoms with van der Waals surface area (Å²) in [5.41, 5.74) is 1.27. The van der Waals surface area contributed by atoms with Gasteiger partial charge in [-0.3, -0.25) is 4.79 Å². The Morgan fingerprint density at radius 3 is 2.50 bits per heavy atom. The Hall–Kier alpha value is -1.35. The monoisotopic (exact) mass is 275 g/mol. The Kier molecular flexibility index (Phi) is 5.60. The number of ether oxygens (including phenoxy) is 1. The summed E-state index contributed by atoms with van der Waals surface area (Å²) in [6, 6.07) is 10.5. The maximum Gasteiger partial charge on any atom is 0.219 e. The maximum absolute atomic E-state index is 11.3. The minimum Gasteiger partial charge on any atom is -0.370 e. The van der Waals surface area contributed by atoms with Crippen molar-refractivity contribution in [3.8, 4) is 0 Å². The average Bonchev–Trinajstić information content (AvgIpc) is 2.48. The Balaban J connectivity index is 1.91. The summed E-state index contributed by atoms with van der Waals surface area (Å²) in [6.45, 7) is 5.49. The number of hydrogen-bond donors (Lipinski definition) is 0. The zero-order valence-electron chi connectivity index (χ0n) is 12.5. The van der Waals surface area contributed by atoms with Gasteiger partial charge in [0.25, 0.3) is 0 Å². The van der Waals surface area contributed by atoms with Crippen molar-refractivity contribution in [2.75, 3.05) is 13.1 Å². The van der Waals surface area contributed by atoms with Crippen LogP contribution in [0.2, 0.25) is 0 Å². The molecule has 1 atom stereocenters. The van der Waals surface area contributed by atoms with E-state index in [9.17, 15) is 4.79 Å². The molecule has 0 N–H and O–H groups in total. The molecule has 0 radical (unpaired) electrons. The van der Waals surface area contributed by atoms with Gasteiger partial charge in [0, 0.05) is 20.0 Å². The fourth-order valence-corrected chi connectivity index (χ4v) is 2.78. The first-order valence-electron chi connectivity index (χ1n) is 7.66. The molecule has 1 unspecified atom stereocenters. The molecule has 1 fully saturated rings. The van der Waals surface area contributed by atoms with Crippen LogP contribution in [0.25, 0.3) is 0 Å². The van der Waals surface area contributed by atoms with Crippen molar-refractivity contribution < 1.29 is 9.53 Å². The van der Waals surface area contributed by atoms with Crippen LogP contribution in [-0.2, 0) is 9.53 Å². The van der Waals surface area contributed by atoms with E-state index >= 15 is 0 Å². The van der Waals surface area contributed by atoms with Crippen LogP contribution in [0.4, 0.5) is 0 Å². The molecule has 1 heterocycles. The molecule has 110 valence electrons. The second kappa shape index (κ2) is 7.44. The van der Waals surface area contributed by atoms with Crippen LogP contribution in [0.5, 0.6) is 0 Å². The normalized spacial score (nSPS) is 18.0. The van der Waals surface area contributed by atoms with Gasteiger partial charge >= 0.3 is 0 Å². The van der Waals surface area contributed by atoms with Crippen LogP contribution >= 0.6 is 0 Å². The van der Waals surface area contributed by atoms with Crippen molar-refractivity contribution >= 4 is 5.91 Å². The lowest BCUT2D eigenvalue weighted by Gasteiger charge is -2.33. The van der Waals surface area contributed by atoms with E-state index in [0.29, 0.717) is 0 Å². The molecule has 0 aliphatic carbocycles. The first kappa shape index (κ1) is 15.0. The highest BCUT2D eigenvalue weighted by Gasteiger charge is 2.24. The second-order valence-corrected chi connectivity index (χ2v) is 5.53. The second-order valence-electron chi connectivity index (χ2n) is 5.53. The largest absolute Gasteiger partial charge is 0.370 e. The molecule has 1 aromatic rings. The number of nitrogens with zero attached hydrogens (tertiary/aromatic N) is 1. The Bertz CT molecular complexity index is 410. The van der Waals surface area contributed by atoms with Gasteiger partial charge in [-0.25, -0.2) is 0 Å². The van der Waals surface area contributed by atoms with Crippen molar-refractivity contribution in [1.29, 1.82) is 0 Å². The number of carbonyl (C=O) groups is 1. The first-order chi connectivity index (χ1) is 9.70. The summed E-state index contributed by atoms with van der Waals surface area (Å²) in [6.07, 6.45) is 4.54. The van der Waals surface area contributed by atoms with Crippen molar-refractivity contribution in [2.24, 2.45) is 0 Å². The highest BCUT2D eigenvalue weighted by molar-refractivity contribution is 5.73. The zero-order valence-corrected chi connectivity index (χ0v) is 12.5. The lowest BCUT2D eigenvalue weighted by atomic mass is 10.0. The van der Waals surface area contributed by atoms with Gasteiger partial charge in [-0.15, -0.1) is 0 Å². The molecule has 20 heavy (non-hydrogen) atoms. The molecule has 0 saturated carbocycles. The summed E-state index contributed by atoms with van der Waals surface area (Å²) >= 11 is 0. The predicted octanol–water partition coefficient (Wildman–Crippen LogP) is 3.56. The Morgan fingerprint density at radius 2 is 1.95 bits per heavy atom. The molecular weight excluding hydrogens is 250 g/mol. The third kappa shape index (κ3) is 4.07. The SMILES string of the molecule is CCCC(OC1CCN(C(C)=O)CC1)c1ccccc1. The van der Waals surface area contributed by atoms with Crippen molar-refractivity contribution in [1.82, 2.24) is 4.90 Å². The van der Waals surface area contributed by atoms with E-state index in [0.717, 1.165) is 38.8 Å². The molecule has 1 amide bonds. The number of likely N-dealkylation sites (tertiary alicyclic amines) is 1. The van der Waals surface area contributed by atoms with E-state index in [1.165, 1.54) is 5.56 Å². The third-order valence-corrected chi connectivity index (χ3v) is 3.97. The minimum absolute atomic E-state index is 0.177. The molecule has 1 aromatic carbocycles. The number of benzene rings is 1. The van der Waals surface area contributed by atoms with Crippen LogP contribution in [-0.4, -0.2) is 30.0 Å². The van der Waals surface area contributed by atoms with Gasteiger partial charge < -0.3 is 9.64 Å². The van der Waals surface area contributed by atoms with E-state index in [1.54, 1.807) is 6.92 Å². The molecule has 0 spiro atoms. The fraction of sp³-hybridized carbons (Fsp3) is 0.588. The molecule has 1 aliphatic heterocycles. The summed E-state index contributed by atoms with van der Waals surface area (Å²) in [7, 11) is 0. The number of carbonyl (C=O) groups excluding carboxylic acids is 1. The molecule has 1 aliphatic rings. The molecule has 2 rings (SSSR count). The van der Waals surface area contributed by atoms with Gasteiger partial charge in [-0.05, 0) is 24.8 Å². The van der Waals surface area contributed by atoms with Crippen LogP contribution in [0.3, 0.4) is 0 Å². The molecular formula is C17H25NO2. The van der Waals surface area contributed by atoms with Gasteiger partial charge in [-0.2, -0.15) is 0 Å². The van der Waals surface area contributed by atoms with Gasteiger partial charge in [0.1, 0.15) is 0 Å². The van der Waals surface area contributed by atoms with Crippen molar-refractivity contribution in [3.63, 3.8) is 0 Å². The van der Waals surface area contributed by atoms with Crippen LogP contribution in [0, 0.1) is 0 Å². The van der Waals surface area contributed by atoms with Gasteiger partial charge in [0.15, 0.2) is 0 Å². The number of amides is 1. The molecule has 0 bridgehead atoms.